The first-order valence-electron chi connectivity index (χ1n) is 2.69. The van der Waals surface area contributed by atoms with Gasteiger partial charge in [0, 0.05) is 0 Å². The highest BCUT2D eigenvalue weighted by molar-refractivity contribution is 5.59. The fraction of sp³-hybridized carbons (Fsp3) is 0.800. The Morgan fingerprint density at radius 3 is 2.18 bits per heavy atom. The number of alkyl halides is 3. The minimum atomic E-state index is -4.53. The summed E-state index contributed by atoms with van der Waals surface area (Å²) in [5, 5.41) is 0. The monoisotopic (exact) mass is 172 g/mol. The molecule has 11 heavy (non-hydrogen) atoms. The second-order valence-electron chi connectivity index (χ2n) is 1.76. The summed E-state index contributed by atoms with van der Waals surface area (Å²) in [5.41, 5.74) is 0. The van der Waals surface area contributed by atoms with E-state index in [9.17, 15) is 18.0 Å². The lowest BCUT2D eigenvalue weighted by Gasteiger charge is -2.14. The molecule has 66 valence electrons. The van der Waals surface area contributed by atoms with E-state index in [4.69, 9.17) is 0 Å². The Kier molecular flexibility index (Phi) is 3.16. The summed E-state index contributed by atoms with van der Waals surface area (Å²) >= 11 is 0. The van der Waals surface area contributed by atoms with Crippen molar-refractivity contribution in [3.05, 3.63) is 0 Å². The average molecular weight is 172 g/mol. The molecule has 0 aromatic heterocycles. The Bertz CT molecular complexity index is 142. The van der Waals surface area contributed by atoms with E-state index in [1.807, 2.05) is 0 Å². The molecule has 0 rings (SSSR count). The minimum Gasteiger partial charge on any atom is -0.438 e. The van der Waals surface area contributed by atoms with Crippen LogP contribution in [0.5, 0.6) is 0 Å². The first-order valence-corrected chi connectivity index (χ1v) is 2.69. The molecule has 0 radical (unpaired) electrons. The number of carbonyl (C=O) groups excluding carboxylic acids is 1. The number of rotatable bonds is 1. The van der Waals surface area contributed by atoms with Crippen LogP contribution in [-0.2, 0) is 9.47 Å². The van der Waals surface area contributed by atoms with Gasteiger partial charge >= 0.3 is 12.3 Å². The molecule has 0 saturated carbocycles. The highest BCUT2D eigenvalue weighted by atomic mass is 19.4. The van der Waals surface area contributed by atoms with E-state index >= 15 is 0 Å². The Labute approximate surface area is 61.1 Å². The molecule has 0 aliphatic heterocycles. The summed E-state index contributed by atoms with van der Waals surface area (Å²) in [6.45, 7) is 0.719. The fourth-order valence-electron chi connectivity index (χ4n) is 0.259. The largest absolute Gasteiger partial charge is 0.508 e. The molecular formula is C5H7F3O3. The molecule has 0 saturated heterocycles. The fourth-order valence-corrected chi connectivity index (χ4v) is 0.259. The zero-order valence-electron chi connectivity index (χ0n) is 5.94. The van der Waals surface area contributed by atoms with Crippen molar-refractivity contribution < 1.29 is 27.4 Å². The molecule has 0 aromatic carbocycles. The van der Waals surface area contributed by atoms with Gasteiger partial charge in [0.05, 0.1) is 7.11 Å². The van der Waals surface area contributed by atoms with Crippen molar-refractivity contribution in [1.29, 1.82) is 0 Å². The first-order chi connectivity index (χ1) is 4.88. The van der Waals surface area contributed by atoms with Crippen LogP contribution >= 0.6 is 0 Å². The van der Waals surface area contributed by atoms with Gasteiger partial charge in [-0.05, 0) is 6.92 Å². The Hall–Kier alpha value is -0.940. The van der Waals surface area contributed by atoms with E-state index < -0.39 is 18.4 Å². The molecule has 1 unspecified atom stereocenters. The summed E-state index contributed by atoms with van der Waals surface area (Å²) in [6, 6.07) is 0. The first kappa shape index (κ1) is 10.1. The van der Waals surface area contributed by atoms with Crippen molar-refractivity contribution in [2.24, 2.45) is 0 Å². The van der Waals surface area contributed by atoms with E-state index in [1.54, 1.807) is 0 Å². The SMILES string of the molecule is COC(=O)OC(C)C(F)(F)F. The maximum Gasteiger partial charge on any atom is 0.508 e. The number of ether oxygens (including phenoxy) is 2. The van der Waals surface area contributed by atoms with Gasteiger partial charge in [-0.2, -0.15) is 13.2 Å². The van der Waals surface area contributed by atoms with E-state index in [0.717, 1.165) is 14.0 Å². The second-order valence-corrected chi connectivity index (χ2v) is 1.76. The standard InChI is InChI=1S/C5H7F3O3/c1-3(5(6,7)8)11-4(9)10-2/h3H,1-2H3. The van der Waals surface area contributed by atoms with Crippen LogP contribution in [0.15, 0.2) is 0 Å². The Morgan fingerprint density at radius 2 is 1.91 bits per heavy atom. The zero-order chi connectivity index (χ0) is 9.07. The predicted octanol–water partition coefficient (Wildman–Crippen LogP) is 1.72. The molecule has 0 spiro atoms. The summed E-state index contributed by atoms with van der Waals surface area (Å²) in [5.74, 6) is 0. The molecule has 1 atom stereocenters. The summed E-state index contributed by atoms with van der Waals surface area (Å²) < 4.78 is 42.5. The van der Waals surface area contributed by atoms with Crippen LogP contribution in [0.1, 0.15) is 6.92 Å². The number of hydrogen-bond donors (Lipinski definition) is 0. The van der Waals surface area contributed by atoms with E-state index in [0.29, 0.717) is 0 Å². The van der Waals surface area contributed by atoms with Gasteiger partial charge in [-0.15, -0.1) is 0 Å². The van der Waals surface area contributed by atoms with Gasteiger partial charge in [0.2, 0.25) is 0 Å². The second kappa shape index (κ2) is 3.45. The lowest BCUT2D eigenvalue weighted by atomic mass is 10.4. The molecular weight excluding hydrogens is 165 g/mol. The van der Waals surface area contributed by atoms with Crippen molar-refractivity contribution in [3.8, 4) is 0 Å². The van der Waals surface area contributed by atoms with E-state index in [-0.39, 0.29) is 0 Å². The van der Waals surface area contributed by atoms with Crippen LogP contribution < -0.4 is 0 Å². The summed E-state index contributed by atoms with van der Waals surface area (Å²) in [7, 11) is 0.936. The molecule has 0 amide bonds. The minimum absolute atomic E-state index is 0.719. The van der Waals surface area contributed by atoms with Crippen LogP contribution in [0.4, 0.5) is 18.0 Å². The van der Waals surface area contributed by atoms with Gasteiger partial charge in [-0.1, -0.05) is 0 Å². The number of carbonyl (C=O) groups is 1. The van der Waals surface area contributed by atoms with Crippen molar-refractivity contribution in [2.45, 2.75) is 19.2 Å². The summed E-state index contributed by atoms with van der Waals surface area (Å²) in [6.07, 6.45) is -8.00. The number of methoxy groups -OCH3 is 1. The van der Waals surface area contributed by atoms with Gasteiger partial charge in [0.15, 0.2) is 6.10 Å². The van der Waals surface area contributed by atoms with E-state index in [2.05, 4.69) is 9.47 Å². The highest BCUT2D eigenvalue weighted by Gasteiger charge is 2.39. The van der Waals surface area contributed by atoms with Crippen LogP contribution in [0.25, 0.3) is 0 Å². The molecule has 0 bridgehead atoms. The molecule has 3 nitrogen and oxygen atoms in total. The van der Waals surface area contributed by atoms with Crippen LogP contribution in [0, 0.1) is 0 Å². The maximum absolute atomic E-state index is 11.6. The quantitative estimate of drug-likeness (QED) is 0.565. The van der Waals surface area contributed by atoms with Crippen molar-refractivity contribution in [3.63, 3.8) is 0 Å². The third-order valence-corrected chi connectivity index (χ3v) is 0.901. The molecule has 0 aliphatic carbocycles. The van der Waals surface area contributed by atoms with Crippen LogP contribution in [-0.4, -0.2) is 25.5 Å². The Balaban J connectivity index is 3.87. The molecule has 0 aliphatic rings. The topological polar surface area (TPSA) is 35.5 Å². The maximum atomic E-state index is 11.6. The van der Waals surface area contributed by atoms with Crippen molar-refractivity contribution >= 4 is 6.16 Å². The number of hydrogen-bond acceptors (Lipinski definition) is 3. The lowest BCUT2D eigenvalue weighted by Crippen LogP contribution is -2.30. The van der Waals surface area contributed by atoms with Crippen molar-refractivity contribution in [1.82, 2.24) is 0 Å². The molecule has 6 heteroatoms. The molecule has 0 heterocycles. The molecule has 0 aromatic rings. The third-order valence-electron chi connectivity index (χ3n) is 0.901. The molecule has 0 N–H and O–H groups in total. The Morgan fingerprint density at radius 1 is 1.45 bits per heavy atom. The smallest absolute Gasteiger partial charge is 0.438 e. The third kappa shape index (κ3) is 3.69. The summed E-state index contributed by atoms with van der Waals surface area (Å²) in [4.78, 5) is 10.1. The zero-order valence-corrected chi connectivity index (χ0v) is 5.94. The van der Waals surface area contributed by atoms with Gasteiger partial charge in [-0.3, -0.25) is 0 Å². The van der Waals surface area contributed by atoms with Gasteiger partial charge in [0.25, 0.3) is 0 Å². The predicted molar refractivity (Wildman–Crippen MR) is 29.0 cm³/mol. The molecule has 0 fully saturated rings. The van der Waals surface area contributed by atoms with Crippen molar-refractivity contribution in [2.75, 3.05) is 7.11 Å². The highest BCUT2D eigenvalue weighted by Crippen LogP contribution is 2.22. The normalized spacial score (nSPS) is 13.9. The van der Waals surface area contributed by atoms with Gasteiger partial charge in [0.1, 0.15) is 0 Å². The van der Waals surface area contributed by atoms with Crippen LogP contribution in [0.2, 0.25) is 0 Å². The average Bonchev–Trinajstić information content (AvgIpc) is 1.85. The van der Waals surface area contributed by atoms with Gasteiger partial charge < -0.3 is 9.47 Å². The number of halogens is 3. The van der Waals surface area contributed by atoms with Crippen LogP contribution in [0.3, 0.4) is 0 Å². The lowest BCUT2D eigenvalue weighted by molar-refractivity contribution is -0.202. The van der Waals surface area contributed by atoms with E-state index in [1.165, 1.54) is 0 Å². The van der Waals surface area contributed by atoms with Gasteiger partial charge in [-0.25, -0.2) is 4.79 Å².